The lowest BCUT2D eigenvalue weighted by molar-refractivity contribution is 0.331. The molecule has 0 aliphatic carbocycles. The van der Waals surface area contributed by atoms with Gasteiger partial charge < -0.3 is 5.32 Å². The number of nitrogens with zero attached hydrogens (tertiary/aromatic N) is 1. The quantitative estimate of drug-likeness (QED) is 0.521. The monoisotopic (exact) mass is 192 g/mol. The number of nitrogens with one attached hydrogen (secondary N) is 1. The number of hydrogen-bond acceptors (Lipinski definition) is 2. The van der Waals surface area contributed by atoms with Crippen LogP contribution in [0.4, 0.5) is 0 Å². The Morgan fingerprint density at radius 3 is 2.71 bits per heavy atom. The molecule has 0 unspecified atom stereocenters. The summed E-state index contributed by atoms with van der Waals surface area (Å²) in [5, 5.41) is 3.26. The van der Waals surface area contributed by atoms with Gasteiger partial charge in [0.25, 0.3) is 0 Å². The molecule has 1 rings (SSSR count). The SMILES string of the molecule is C#CCN(CCC)CC(C)=C1CNC1. The Morgan fingerprint density at radius 1 is 1.57 bits per heavy atom. The van der Waals surface area contributed by atoms with Crippen LogP contribution in [-0.2, 0) is 0 Å². The van der Waals surface area contributed by atoms with Gasteiger partial charge in [-0.15, -0.1) is 6.42 Å². The fourth-order valence-electron chi connectivity index (χ4n) is 1.66. The molecule has 0 aromatic heterocycles. The van der Waals surface area contributed by atoms with Gasteiger partial charge in [0.2, 0.25) is 0 Å². The third kappa shape index (κ3) is 3.17. The topological polar surface area (TPSA) is 15.3 Å². The maximum absolute atomic E-state index is 5.34. The van der Waals surface area contributed by atoms with Crippen molar-refractivity contribution >= 4 is 0 Å². The molecule has 0 atom stereocenters. The first-order chi connectivity index (χ1) is 6.77. The Morgan fingerprint density at radius 2 is 2.29 bits per heavy atom. The highest BCUT2D eigenvalue weighted by atomic mass is 15.1. The normalized spacial score (nSPS) is 15.1. The van der Waals surface area contributed by atoms with Crippen LogP contribution in [0.2, 0.25) is 0 Å². The average Bonchev–Trinajstić information content (AvgIpc) is 2.01. The molecule has 0 bridgehead atoms. The van der Waals surface area contributed by atoms with E-state index in [1.54, 1.807) is 5.57 Å². The van der Waals surface area contributed by atoms with Crippen LogP contribution in [0.3, 0.4) is 0 Å². The minimum absolute atomic E-state index is 0.770. The molecule has 0 spiro atoms. The molecule has 1 N–H and O–H groups in total. The van der Waals surface area contributed by atoms with Gasteiger partial charge >= 0.3 is 0 Å². The zero-order valence-corrected chi connectivity index (χ0v) is 9.27. The minimum atomic E-state index is 0.770. The second-order valence-electron chi connectivity index (χ2n) is 3.90. The van der Waals surface area contributed by atoms with E-state index < -0.39 is 0 Å². The van der Waals surface area contributed by atoms with Gasteiger partial charge in [-0.3, -0.25) is 4.90 Å². The van der Waals surface area contributed by atoms with E-state index in [2.05, 4.69) is 30.0 Å². The third-order valence-corrected chi connectivity index (χ3v) is 2.60. The van der Waals surface area contributed by atoms with E-state index in [0.29, 0.717) is 0 Å². The van der Waals surface area contributed by atoms with Crippen LogP contribution in [0.1, 0.15) is 20.3 Å². The maximum Gasteiger partial charge on any atom is 0.0601 e. The second-order valence-corrected chi connectivity index (χ2v) is 3.90. The summed E-state index contributed by atoms with van der Waals surface area (Å²) >= 11 is 0. The predicted octanol–water partition coefficient (Wildman–Crippen LogP) is 1.25. The highest BCUT2D eigenvalue weighted by molar-refractivity contribution is 5.22. The zero-order chi connectivity index (χ0) is 10.4. The van der Waals surface area contributed by atoms with E-state index in [9.17, 15) is 0 Å². The molecule has 2 nitrogen and oxygen atoms in total. The summed E-state index contributed by atoms with van der Waals surface area (Å²) in [6.45, 7) is 9.46. The van der Waals surface area contributed by atoms with Crippen LogP contribution in [-0.4, -0.2) is 37.6 Å². The molecule has 1 fully saturated rings. The summed E-state index contributed by atoms with van der Waals surface area (Å²) in [4.78, 5) is 2.33. The van der Waals surface area contributed by atoms with Gasteiger partial charge in [0, 0.05) is 19.6 Å². The summed E-state index contributed by atoms with van der Waals surface area (Å²) in [6.07, 6.45) is 6.51. The van der Waals surface area contributed by atoms with Crippen LogP contribution >= 0.6 is 0 Å². The third-order valence-electron chi connectivity index (χ3n) is 2.60. The number of hydrogen-bond donors (Lipinski definition) is 1. The van der Waals surface area contributed by atoms with Gasteiger partial charge in [-0.1, -0.05) is 18.4 Å². The molecule has 1 heterocycles. The van der Waals surface area contributed by atoms with E-state index in [1.807, 2.05) is 0 Å². The van der Waals surface area contributed by atoms with Crippen LogP contribution in [0.15, 0.2) is 11.1 Å². The van der Waals surface area contributed by atoms with Crippen molar-refractivity contribution in [2.45, 2.75) is 20.3 Å². The van der Waals surface area contributed by atoms with Gasteiger partial charge in [0.15, 0.2) is 0 Å². The van der Waals surface area contributed by atoms with Gasteiger partial charge in [-0.25, -0.2) is 0 Å². The summed E-state index contributed by atoms with van der Waals surface area (Å²) in [5.41, 5.74) is 3.05. The lowest BCUT2D eigenvalue weighted by atomic mass is 10.0. The van der Waals surface area contributed by atoms with Crippen LogP contribution in [0.5, 0.6) is 0 Å². The van der Waals surface area contributed by atoms with E-state index in [4.69, 9.17) is 6.42 Å². The standard InChI is InChI=1S/C12H20N2/c1-4-6-14(7-5-2)10-11(3)12-8-13-9-12/h1,13H,5-10H2,2-3H3. The summed E-state index contributed by atoms with van der Waals surface area (Å²) in [5.74, 6) is 2.72. The smallest absolute Gasteiger partial charge is 0.0601 e. The van der Waals surface area contributed by atoms with Crippen LogP contribution < -0.4 is 5.32 Å². The summed E-state index contributed by atoms with van der Waals surface area (Å²) in [7, 11) is 0. The molecule has 14 heavy (non-hydrogen) atoms. The van der Waals surface area contributed by atoms with Crippen molar-refractivity contribution in [1.82, 2.24) is 10.2 Å². The number of rotatable bonds is 5. The van der Waals surface area contributed by atoms with Crippen molar-refractivity contribution in [2.75, 3.05) is 32.7 Å². The van der Waals surface area contributed by atoms with Crippen LogP contribution in [0.25, 0.3) is 0 Å². The molecule has 0 saturated carbocycles. The van der Waals surface area contributed by atoms with E-state index in [1.165, 1.54) is 12.0 Å². The predicted molar refractivity (Wildman–Crippen MR) is 61.1 cm³/mol. The Labute approximate surface area is 87.4 Å². The Bertz CT molecular complexity index is 242. The average molecular weight is 192 g/mol. The molecule has 1 aliphatic rings. The lowest BCUT2D eigenvalue weighted by Gasteiger charge is -2.26. The molecule has 78 valence electrons. The maximum atomic E-state index is 5.34. The van der Waals surface area contributed by atoms with Gasteiger partial charge in [-0.2, -0.15) is 0 Å². The first-order valence-electron chi connectivity index (χ1n) is 5.32. The molecule has 2 heteroatoms. The second kappa shape index (κ2) is 5.85. The van der Waals surface area contributed by atoms with Crippen molar-refractivity contribution in [3.8, 4) is 12.3 Å². The molecule has 0 radical (unpaired) electrons. The summed E-state index contributed by atoms with van der Waals surface area (Å²) in [6, 6.07) is 0. The van der Waals surface area contributed by atoms with Crippen molar-refractivity contribution < 1.29 is 0 Å². The molecule has 1 aliphatic heterocycles. The highest BCUT2D eigenvalue weighted by Gasteiger charge is 2.12. The van der Waals surface area contributed by atoms with Crippen molar-refractivity contribution in [1.29, 1.82) is 0 Å². The molecule has 0 aromatic rings. The van der Waals surface area contributed by atoms with Crippen molar-refractivity contribution in [2.24, 2.45) is 0 Å². The lowest BCUT2D eigenvalue weighted by Crippen LogP contribution is -2.37. The van der Waals surface area contributed by atoms with Gasteiger partial charge in [0.05, 0.1) is 6.54 Å². The minimum Gasteiger partial charge on any atom is -0.309 e. The zero-order valence-electron chi connectivity index (χ0n) is 9.27. The molecule has 1 saturated heterocycles. The van der Waals surface area contributed by atoms with Crippen LogP contribution in [0, 0.1) is 12.3 Å². The first kappa shape index (κ1) is 11.3. The largest absolute Gasteiger partial charge is 0.309 e. The van der Waals surface area contributed by atoms with E-state index >= 15 is 0 Å². The Hall–Kier alpha value is -0.780. The molecule has 0 aromatic carbocycles. The molecular formula is C12H20N2. The first-order valence-corrected chi connectivity index (χ1v) is 5.32. The van der Waals surface area contributed by atoms with Gasteiger partial charge in [-0.05, 0) is 25.5 Å². The molecular weight excluding hydrogens is 172 g/mol. The number of terminal acetylenes is 1. The fourth-order valence-corrected chi connectivity index (χ4v) is 1.66. The van der Waals surface area contributed by atoms with E-state index in [-0.39, 0.29) is 0 Å². The summed E-state index contributed by atoms with van der Waals surface area (Å²) < 4.78 is 0. The fraction of sp³-hybridized carbons (Fsp3) is 0.667. The van der Waals surface area contributed by atoms with Crippen molar-refractivity contribution in [3.63, 3.8) is 0 Å². The van der Waals surface area contributed by atoms with Crippen molar-refractivity contribution in [3.05, 3.63) is 11.1 Å². The van der Waals surface area contributed by atoms with Gasteiger partial charge in [0.1, 0.15) is 0 Å². The molecule has 0 amide bonds. The Kier molecular flexibility index (Phi) is 4.72. The Balaban J connectivity index is 2.42. The van der Waals surface area contributed by atoms with E-state index in [0.717, 1.165) is 32.7 Å². The highest BCUT2D eigenvalue weighted by Crippen LogP contribution is 2.10.